The van der Waals surface area contributed by atoms with Crippen molar-refractivity contribution in [2.45, 2.75) is 81.5 Å². The number of esters is 3. The Kier molecular flexibility index (Phi) is 18.5. The van der Waals surface area contributed by atoms with Gasteiger partial charge >= 0.3 is 17.9 Å². The summed E-state index contributed by atoms with van der Waals surface area (Å²) in [5.41, 5.74) is 4.36. The second kappa shape index (κ2) is 27.0. The topological polar surface area (TPSA) is 144 Å². The van der Waals surface area contributed by atoms with E-state index in [0.717, 1.165) is 33.0 Å². The second-order valence-electron chi connectivity index (χ2n) is 19.0. The van der Waals surface area contributed by atoms with Crippen molar-refractivity contribution in [1.29, 1.82) is 0 Å². The molecule has 8 aromatic rings. The minimum absolute atomic E-state index is 0.0293. The van der Waals surface area contributed by atoms with Gasteiger partial charge in [0.2, 0.25) is 0 Å². The second-order valence-corrected chi connectivity index (χ2v) is 19.0. The third-order valence-corrected chi connectivity index (χ3v) is 13.5. The first kappa shape index (κ1) is 53.5. The van der Waals surface area contributed by atoms with Crippen LogP contribution in [0, 0.1) is 0 Å². The zero-order chi connectivity index (χ0) is 53.3. The zero-order valence-corrected chi connectivity index (χ0v) is 42.8. The highest BCUT2D eigenvalue weighted by atomic mass is 16.7. The van der Waals surface area contributed by atoms with E-state index in [4.69, 9.17) is 47.4 Å². The molecule has 0 amide bonds. The Bertz CT molecular complexity index is 3130. The van der Waals surface area contributed by atoms with E-state index < -0.39 is 79.6 Å². The molecule has 2 saturated heterocycles. The Morgan fingerprint density at radius 2 is 0.872 bits per heavy atom. The molecule has 78 heavy (non-hydrogen) atoms. The number of carbonyl (C=O) groups excluding carboxylic acids is 3. The van der Waals surface area contributed by atoms with Crippen LogP contribution in [0.4, 0.5) is 0 Å². The maximum absolute atomic E-state index is 14.4. The number of fused-ring (bicyclic) bond motifs is 1. The van der Waals surface area contributed by atoms with E-state index >= 15 is 0 Å². The summed E-state index contributed by atoms with van der Waals surface area (Å²) in [7, 11) is 0. The van der Waals surface area contributed by atoms with Crippen LogP contribution in [0.15, 0.2) is 224 Å². The van der Waals surface area contributed by atoms with Crippen LogP contribution in [0.25, 0.3) is 10.8 Å². The van der Waals surface area contributed by atoms with Gasteiger partial charge in [0.15, 0.2) is 18.5 Å². The van der Waals surface area contributed by atoms with Crippen LogP contribution in [0.3, 0.4) is 0 Å². The van der Waals surface area contributed by atoms with Crippen molar-refractivity contribution in [3.05, 3.63) is 263 Å². The molecular weight excluding hydrogens is 989 g/mol. The lowest BCUT2D eigenvalue weighted by molar-refractivity contribution is -0.349. The largest absolute Gasteiger partial charge is 0.459 e. The lowest BCUT2D eigenvalue weighted by atomic mass is 9.96. The van der Waals surface area contributed by atoms with Crippen molar-refractivity contribution in [2.24, 2.45) is 0 Å². The van der Waals surface area contributed by atoms with E-state index in [-0.39, 0.29) is 45.2 Å². The van der Waals surface area contributed by atoms with Crippen molar-refractivity contribution in [3.63, 3.8) is 0 Å². The first-order valence-corrected chi connectivity index (χ1v) is 26.1. The van der Waals surface area contributed by atoms with Crippen LogP contribution in [0.1, 0.15) is 53.3 Å². The normalized spacial score (nSPS) is 22.0. The van der Waals surface area contributed by atoms with Crippen molar-refractivity contribution < 1.29 is 61.8 Å². The van der Waals surface area contributed by atoms with Gasteiger partial charge < -0.3 is 47.4 Å². The first-order chi connectivity index (χ1) is 38.4. The minimum atomic E-state index is -1.41. The van der Waals surface area contributed by atoms with Gasteiger partial charge in [0.25, 0.3) is 0 Å². The van der Waals surface area contributed by atoms with Gasteiger partial charge in [0.05, 0.1) is 56.3 Å². The number of benzene rings is 8. The molecule has 10 rings (SSSR count). The molecule has 398 valence electrons. The van der Waals surface area contributed by atoms with E-state index in [1.54, 1.807) is 84.9 Å². The van der Waals surface area contributed by atoms with Crippen LogP contribution in [0.2, 0.25) is 0 Å². The Morgan fingerprint density at radius 3 is 1.46 bits per heavy atom. The van der Waals surface area contributed by atoms with Crippen LogP contribution in [-0.4, -0.2) is 92.9 Å². The Labute approximate surface area is 453 Å². The Morgan fingerprint density at radius 1 is 0.397 bits per heavy atom. The van der Waals surface area contributed by atoms with E-state index in [2.05, 4.69) is 0 Å². The van der Waals surface area contributed by atoms with Gasteiger partial charge in [0, 0.05) is 0 Å². The van der Waals surface area contributed by atoms with Crippen LogP contribution >= 0.6 is 0 Å². The third kappa shape index (κ3) is 14.2. The highest BCUT2D eigenvalue weighted by Gasteiger charge is 2.54. The van der Waals surface area contributed by atoms with E-state index in [1.165, 1.54) is 0 Å². The van der Waals surface area contributed by atoms with Gasteiger partial charge in [-0.1, -0.05) is 182 Å². The van der Waals surface area contributed by atoms with Gasteiger partial charge in [-0.3, -0.25) is 0 Å². The average Bonchev–Trinajstić information content (AvgIpc) is 3.50. The third-order valence-electron chi connectivity index (χ3n) is 13.5. The number of hydrogen-bond acceptors (Lipinski definition) is 13. The average molecular weight is 1050 g/mol. The molecule has 9 atom stereocenters. The maximum Gasteiger partial charge on any atom is 0.338 e. The van der Waals surface area contributed by atoms with E-state index in [9.17, 15) is 14.4 Å². The van der Waals surface area contributed by atoms with Crippen molar-refractivity contribution in [2.75, 3.05) is 19.8 Å². The number of hydrogen-bond donors (Lipinski definition) is 0. The van der Waals surface area contributed by atoms with Gasteiger partial charge in [-0.05, 0) is 75.5 Å². The molecule has 0 saturated carbocycles. The van der Waals surface area contributed by atoms with E-state index in [0.29, 0.717) is 11.1 Å². The summed E-state index contributed by atoms with van der Waals surface area (Å²) in [5, 5.41) is 2.05. The standard InChI is InChI=1S/C65H60O13/c66-62(50-28-13-4-14-29-50)74-44-56-59(77-64(68)52-32-17-6-18-33-52)60(72-41-48-35-36-49-27-19-20-34-53(49)37-48)61(73-40-47-25-11-3-12-26-47)65(76-56)78-58-55(75-63(67)51-30-15-5-16-31-51)43-70-54(42-69-38-45-21-7-1-8-22-45)57(58)71-39-46-23-9-2-10-24-46/h1-37,54-61,65H,38-44H2/t54?,55?,56?,57-,58?,59?,60?,61?,65?/m0/s1. The fraction of sp³-hybridized carbons (Fsp3) is 0.246. The van der Waals surface area contributed by atoms with Gasteiger partial charge in [0.1, 0.15) is 43.2 Å². The SMILES string of the molecule is O=C(OCC1OC(OC2C(OC(=O)c3ccccc3)COC(COCc3ccccc3)[C@@H]2OCc2ccccc2)C(OCc2ccccc2)C(OCc2ccc3ccccc3c2)C1OC(=O)c1ccccc1)c1ccccc1. The summed E-state index contributed by atoms with van der Waals surface area (Å²) in [4.78, 5) is 42.3. The first-order valence-electron chi connectivity index (χ1n) is 26.1. The molecule has 0 aliphatic carbocycles. The highest BCUT2D eigenvalue weighted by molar-refractivity contribution is 5.90. The van der Waals surface area contributed by atoms with Crippen LogP contribution in [-0.2, 0) is 73.8 Å². The lowest BCUT2D eigenvalue weighted by Gasteiger charge is -2.48. The van der Waals surface area contributed by atoms with Crippen LogP contribution in [0.5, 0.6) is 0 Å². The van der Waals surface area contributed by atoms with E-state index in [1.807, 2.05) is 140 Å². The minimum Gasteiger partial charge on any atom is -0.459 e. The zero-order valence-electron chi connectivity index (χ0n) is 42.8. The molecular formula is C65H60O13. The summed E-state index contributed by atoms with van der Waals surface area (Å²) in [6.07, 6.45) is -10.2. The van der Waals surface area contributed by atoms with Crippen molar-refractivity contribution >= 4 is 28.7 Å². The molecule has 0 aromatic heterocycles. The van der Waals surface area contributed by atoms with Gasteiger partial charge in [-0.2, -0.15) is 0 Å². The molecule has 2 aliphatic rings. The molecule has 0 bridgehead atoms. The predicted octanol–water partition coefficient (Wildman–Crippen LogP) is 10.9. The summed E-state index contributed by atoms with van der Waals surface area (Å²) >= 11 is 0. The molecule has 8 unspecified atom stereocenters. The number of carbonyl (C=O) groups is 3. The lowest BCUT2D eigenvalue weighted by Crippen LogP contribution is -2.65. The molecule has 0 spiro atoms. The maximum atomic E-state index is 14.4. The molecule has 2 fully saturated rings. The highest BCUT2D eigenvalue weighted by Crippen LogP contribution is 2.36. The van der Waals surface area contributed by atoms with Gasteiger partial charge in [-0.15, -0.1) is 0 Å². The molecule has 8 aromatic carbocycles. The van der Waals surface area contributed by atoms with Crippen molar-refractivity contribution in [1.82, 2.24) is 0 Å². The predicted molar refractivity (Wildman–Crippen MR) is 290 cm³/mol. The fourth-order valence-corrected chi connectivity index (χ4v) is 9.51. The number of ether oxygens (including phenoxy) is 10. The Hall–Kier alpha value is -7.85. The summed E-state index contributed by atoms with van der Waals surface area (Å²) in [6, 6.07) is 68.8. The van der Waals surface area contributed by atoms with Gasteiger partial charge in [-0.25, -0.2) is 14.4 Å². The summed E-state index contributed by atoms with van der Waals surface area (Å²) < 4.78 is 67.1. The molecule has 13 heteroatoms. The number of rotatable bonds is 22. The Balaban J connectivity index is 1.06. The monoisotopic (exact) mass is 1050 g/mol. The van der Waals surface area contributed by atoms with Crippen molar-refractivity contribution in [3.8, 4) is 0 Å². The quantitative estimate of drug-likeness (QED) is 0.0470. The molecule has 2 aliphatic heterocycles. The molecule has 0 N–H and O–H groups in total. The summed E-state index contributed by atoms with van der Waals surface area (Å²) in [5.74, 6) is -1.92. The molecule has 2 heterocycles. The van der Waals surface area contributed by atoms with Crippen LogP contribution < -0.4 is 0 Å². The fourth-order valence-electron chi connectivity index (χ4n) is 9.51. The molecule has 13 nitrogen and oxygen atoms in total. The molecule has 0 radical (unpaired) electrons. The smallest absolute Gasteiger partial charge is 0.338 e. The summed E-state index contributed by atoms with van der Waals surface area (Å²) in [6.45, 7) is 0.0198.